The molecule has 112 valence electrons. The maximum atomic E-state index is 14.0. The molecule has 0 bridgehead atoms. The molecule has 5 heteroatoms. The van der Waals surface area contributed by atoms with Crippen molar-refractivity contribution in [1.82, 2.24) is 10.3 Å². The lowest BCUT2D eigenvalue weighted by molar-refractivity contribution is 0.404. The SMILES string of the molecule is CCNC(Cc1cc(Cl)ccc1OC)c1ncccc1F. The van der Waals surface area contributed by atoms with Crippen molar-refractivity contribution in [2.75, 3.05) is 13.7 Å². The van der Waals surface area contributed by atoms with Crippen LogP contribution in [0.4, 0.5) is 4.39 Å². The van der Waals surface area contributed by atoms with Crippen molar-refractivity contribution in [3.63, 3.8) is 0 Å². The molecule has 0 aliphatic carbocycles. The van der Waals surface area contributed by atoms with E-state index >= 15 is 0 Å². The Morgan fingerprint density at radius 2 is 2.19 bits per heavy atom. The monoisotopic (exact) mass is 308 g/mol. The summed E-state index contributed by atoms with van der Waals surface area (Å²) < 4.78 is 19.3. The van der Waals surface area contributed by atoms with Crippen LogP contribution in [-0.4, -0.2) is 18.6 Å². The molecule has 3 nitrogen and oxygen atoms in total. The summed E-state index contributed by atoms with van der Waals surface area (Å²) in [6.45, 7) is 2.69. The summed E-state index contributed by atoms with van der Waals surface area (Å²) in [4.78, 5) is 4.16. The minimum absolute atomic E-state index is 0.233. The predicted octanol–water partition coefficient (Wildman–Crippen LogP) is 3.78. The molecule has 1 heterocycles. The number of nitrogens with one attached hydrogen (secondary N) is 1. The number of hydrogen-bond donors (Lipinski definition) is 1. The van der Waals surface area contributed by atoms with E-state index in [-0.39, 0.29) is 11.9 Å². The van der Waals surface area contributed by atoms with Crippen molar-refractivity contribution in [2.24, 2.45) is 0 Å². The highest BCUT2D eigenvalue weighted by molar-refractivity contribution is 6.30. The molecule has 2 aromatic rings. The quantitative estimate of drug-likeness (QED) is 0.882. The lowest BCUT2D eigenvalue weighted by Crippen LogP contribution is -2.25. The first-order valence-corrected chi connectivity index (χ1v) is 7.19. The molecule has 0 amide bonds. The van der Waals surface area contributed by atoms with Gasteiger partial charge in [0.25, 0.3) is 0 Å². The zero-order valence-electron chi connectivity index (χ0n) is 12.1. The smallest absolute Gasteiger partial charge is 0.146 e. The highest BCUT2D eigenvalue weighted by Gasteiger charge is 2.18. The second-order valence-corrected chi connectivity index (χ2v) is 5.08. The number of nitrogens with zero attached hydrogens (tertiary/aromatic N) is 1. The van der Waals surface area contributed by atoms with Crippen LogP contribution in [0.5, 0.6) is 5.75 Å². The fraction of sp³-hybridized carbons (Fsp3) is 0.312. The molecule has 1 N–H and O–H groups in total. The van der Waals surface area contributed by atoms with Crippen molar-refractivity contribution in [1.29, 1.82) is 0 Å². The van der Waals surface area contributed by atoms with E-state index in [2.05, 4.69) is 10.3 Å². The standard InChI is InChI=1S/C16H18ClFN2O/c1-3-19-14(16-13(18)5-4-8-20-16)10-11-9-12(17)6-7-15(11)21-2/h4-9,14,19H,3,10H2,1-2H3. The number of hydrogen-bond acceptors (Lipinski definition) is 3. The van der Waals surface area contributed by atoms with E-state index in [9.17, 15) is 4.39 Å². The van der Waals surface area contributed by atoms with Gasteiger partial charge in [0, 0.05) is 11.2 Å². The average Bonchev–Trinajstić information content (AvgIpc) is 2.48. The molecule has 1 atom stereocenters. The van der Waals surface area contributed by atoms with E-state index in [4.69, 9.17) is 16.3 Å². The van der Waals surface area contributed by atoms with Gasteiger partial charge in [-0.15, -0.1) is 0 Å². The Morgan fingerprint density at radius 1 is 1.38 bits per heavy atom. The van der Waals surface area contributed by atoms with Crippen LogP contribution in [0.15, 0.2) is 36.5 Å². The predicted molar refractivity (Wildman–Crippen MR) is 82.3 cm³/mol. The summed E-state index contributed by atoms with van der Waals surface area (Å²) >= 11 is 6.05. The van der Waals surface area contributed by atoms with Crippen LogP contribution in [0.25, 0.3) is 0 Å². The van der Waals surface area contributed by atoms with E-state index in [1.807, 2.05) is 19.1 Å². The highest BCUT2D eigenvalue weighted by Crippen LogP contribution is 2.28. The van der Waals surface area contributed by atoms with Crippen molar-refractivity contribution in [3.05, 3.63) is 58.6 Å². The molecule has 1 aromatic heterocycles. The normalized spacial score (nSPS) is 12.2. The summed E-state index contributed by atoms with van der Waals surface area (Å²) in [6.07, 6.45) is 2.14. The van der Waals surface area contributed by atoms with Gasteiger partial charge in [-0.2, -0.15) is 0 Å². The maximum absolute atomic E-state index is 14.0. The lowest BCUT2D eigenvalue weighted by atomic mass is 10.0. The van der Waals surface area contributed by atoms with E-state index in [0.29, 0.717) is 23.7 Å². The third-order valence-corrected chi connectivity index (χ3v) is 3.47. The fourth-order valence-corrected chi connectivity index (χ4v) is 2.49. The van der Waals surface area contributed by atoms with Crippen LogP contribution in [-0.2, 0) is 6.42 Å². The Hall–Kier alpha value is -1.65. The van der Waals surface area contributed by atoms with E-state index in [1.54, 1.807) is 25.4 Å². The van der Waals surface area contributed by atoms with Crippen LogP contribution in [0.2, 0.25) is 5.02 Å². The van der Waals surface area contributed by atoms with Gasteiger partial charge in [0.1, 0.15) is 11.6 Å². The first-order valence-electron chi connectivity index (χ1n) is 6.82. The second kappa shape index (κ2) is 7.38. The van der Waals surface area contributed by atoms with Gasteiger partial charge in [0.2, 0.25) is 0 Å². The summed E-state index contributed by atoms with van der Waals surface area (Å²) in [7, 11) is 1.61. The first-order chi connectivity index (χ1) is 10.2. The van der Waals surface area contributed by atoms with Gasteiger partial charge in [-0.1, -0.05) is 18.5 Å². The molecular formula is C16H18ClFN2O. The molecule has 0 radical (unpaired) electrons. The van der Waals surface area contributed by atoms with Gasteiger partial charge >= 0.3 is 0 Å². The van der Waals surface area contributed by atoms with Crippen molar-refractivity contribution in [2.45, 2.75) is 19.4 Å². The number of rotatable bonds is 6. The summed E-state index contributed by atoms with van der Waals surface area (Å²) in [5, 5.41) is 3.89. The molecule has 0 saturated carbocycles. The number of ether oxygens (including phenoxy) is 1. The zero-order chi connectivity index (χ0) is 15.2. The Labute approximate surface area is 129 Å². The molecule has 2 rings (SSSR count). The summed E-state index contributed by atoms with van der Waals surface area (Å²) in [5.41, 5.74) is 1.32. The van der Waals surface area contributed by atoms with Gasteiger partial charge in [-0.3, -0.25) is 4.98 Å². The van der Waals surface area contributed by atoms with Gasteiger partial charge in [0.15, 0.2) is 0 Å². The van der Waals surface area contributed by atoms with Crippen molar-refractivity contribution >= 4 is 11.6 Å². The number of benzene rings is 1. The van der Waals surface area contributed by atoms with Gasteiger partial charge in [0.05, 0.1) is 18.8 Å². The van der Waals surface area contributed by atoms with E-state index in [0.717, 1.165) is 11.3 Å². The van der Waals surface area contributed by atoms with Crippen LogP contribution in [0, 0.1) is 5.82 Å². The van der Waals surface area contributed by atoms with Crippen LogP contribution < -0.4 is 10.1 Å². The summed E-state index contributed by atoms with van der Waals surface area (Å²) in [6, 6.07) is 8.20. The largest absolute Gasteiger partial charge is 0.496 e. The first kappa shape index (κ1) is 15.7. The van der Waals surface area contributed by atoms with Crippen molar-refractivity contribution in [3.8, 4) is 5.75 Å². The molecule has 1 aromatic carbocycles. The zero-order valence-corrected chi connectivity index (χ0v) is 12.8. The molecule has 21 heavy (non-hydrogen) atoms. The maximum Gasteiger partial charge on any atom is 0.146 e. The third kappa shape index (κ3) is 3.93. The van der Waals surface area contributed by atoms with E-state index in [1.165, 1.54) is 6.07 Å². The number of likely N-dealkylation sites (N-methyl/N-ethyl adjacent to an activating group) is 1. The molecule has 0 spiro atoms. The van der Waals surface area contributed by atoms with Crippen LogP contribution in [0.3, 0.4) is 0 Å². The second-order valence-electron chi connectivity index (χ2n) is 4.64. The van der Waals surface area contributed by atoms with Crippen LogP contribution in [0.1, 0.15) is 24.2 Å². The molecule has 0 aliphatic heterocycles. The van der Waals surface area contributed by atoms with Crippen molar-refractivity contribution < 1.29 is 9.13 Å². The fourth-order valence-electron chi connectivity index (χ4n) is 2.29. The Morgan fingerprint density at radius 3 is 2.86 bits per heavy atom. The Kier molecular flexibility index (Phi) is 5.53. The average molecular weight is 309 g/mol. The highest BCUT2D eigenvalue weighted by atomic mass is 35.5. The molecule has 0 aliphatic rings. The summed E-state index contributed by atoms with van der Waals surface area (Å²) in [5.74, 6) is 0.420. The molecule has 0 fully saturated rings. The number of halogens is 2. The number of aromatic nitrogens is 1. The molecule has 1 unspecified atom stereocenters. The molecular weight excluding hydrogens is 291 g/mol. The lowest BCUT2D eigenvalue weighted by Gasteiger charge is -2.19. The Balaban J connectivity index is 2.33. The third-order valence-electron chi connectivity index (χ3n) is 3.23. The minimum atomic E-state index is -0.315. The number of pyridine rings is 1. The molecule has 0 saturated heterocycles. The van der Waals surface area contributed by atoms with Crippen LogP contribution >= 0.6 is 11.6 Å². The van der Waals surface area contributed by atoms with Gasteiger partial charge in [-0.05, 0) is 48.9 Å². The minimum Gasteiger partial charge on any atom is -0.496 e. The topological polar surface area (TPSA) is 34.1 Å². The van der Waals surface area contributed by atoms with Gasteiger partial charge < -0.3 is 10.1 Å². The number of methoxy groups -OCH3 is 1. The Bertz CT molecular complexity index is 607. The van der Waals surface area contributed by atoms with E-state index < -0.39 is 0 Å². The van der Waals surface area contributed by atoms with Gasteiger partial charge in [-0.25, -0.2) is 4.39 Å².